The highest BCUT2D eigenvalue weighted by atomic mass is 31.1. The molecule has 4 aliphatic rings. The van der Waals surface area contributed by atoms with Crippen LogP contribution in [0.2, 0.25) is 0 Å². The smallest absolute Gasteiger partial charge is 0.394 e. The monoisotopic (exact) mass is 1800 g/mol. The third kappa shape index (κ3) is 45.7. The van der Waals surface area contributed by atoms with Crippen molar-refractivity contribution in [3.05, 3.63) is 12.8 Å². The molecular formula is C83H149N11O29P+. The molecule has 4 heterocycles. The number of ether oxygens (including phenoxy) is 9. The second-order valence-corrected chi connectivity index (χ2v) is 33.0. The third-order valence-corrected chi connectivity index (χ3v) is 22.4. The van der Waals surface area contributed by atoms with E-state index in [-0.39, 0.29) is 108 Å². The lowest BCUT2D eigenvalue weighted by Gasteiger charge is -2.42. The van der Waals surface area contributed by atoms with Crippen molar-refractivity contribution in [2.45, 2.75) is 324 Å². The Morgan fingerprint density at radius 2 is 0.815 bits per heavy atom. The zero-order valence-corrected chi connectivity index (χ0v) is 74.1. The van der Waals surface area contributed by atoms with Crippen LogP contribution in [0.25, 0.3) is 0 Å². The van der Waals surface area contributed by atoms with Gasteiger partial charge >= 0.3 is 8.25 Å². The Balaban J connectivity index is 1.33. The van der Waals surface area contributed by atoms with Crippen LogP contribution in [-0.2, 0) is 94.6 Å². The molecule has 0 saturated carbocycles. The molecule has 8 amide bonds. The number of aliphatic imine (C=N–C) groups is 1. The number of nitrogens with two attached hydrogens (primary N) is 1. The van der Waals surface area contributed by atoms with Crippen molar-refractivity contribution in [2.24, 2.45) is 21.9 Å². The Morgan fingerprint density at radius 1 is 0.468 bits per heavy atom. The van der Waals surface area contributed by atoms with E-state index in [1.165, 1.54) is 20.8 Å². The summed E-state index contributed by atoms with van der Waals surface area (Å²) in [7, 11) is -2.13. The molecule has 4 aliphatic heterocycles. The summed E-state index contributed by atoms with van der Waals surface area (Å²) in [4.78, 5) is 110. The zero-order chi connectivity index (χ0) is 90.7. The van der Waals surface area contributed by atoms with Gasteiger partial charge in [0.15, 0.2) is 18.9 Å². The average Bonchev–Trinajstić information content (AvgIpc) is 0.813. The number of aliphatic hydroxyl groups excluding tert-OH is 9. The standard InChI is InChI=1S/C83H148N11O29P/c1-5-119-124(112)120-47-30-17-9-7-6-8-11-21-31-62(93-84)51-85-38-23-13-10-12-22-32-69(104)94-42-33-61(34-43-94)79(111)92-83(55-113-48-35-66(101)86-39-24-14-18-27-44-116-80-70(89-58(2)98)76(108)73(105)63(52-95)121-80,56-114-49-36-67(102)87-40-25-15-19-28-45-117-81-71(90-59(3)99)77(109)74(106)64(53-96)122-81)57-115-50-37-68(103)88-41-26-16-20-29-46-118-82-72(91-60(4)100)78(110)75(107)65(54-97)123-82/h5,51,61,63-65,70-78,80-82,95-97,105-110H,1,6-50,52-57H2,2-4H3,(H8-,84,85,86,87,88,89,90,91,92,98,99,100,101,102,103,111)/p+1. The Bertz CT molecular complexity index is 2870. The lowest BCUT2D eigenvalue weighted by Crippen LogP contribution is -2.64. The van der Waals surface area contributed by atoms with Gasteiger partial charge < -0.3 is 137 Å². The van der Waals surface area contributed by atoms with E-state index in [9.17, 15) is 88.9 Å². The highest BCUT2D eigenvalue weighted by Crippen LogP contribution is 2.29. The van der Waals surface area contributed by atoms with Crippen LogP contribution in [0.3, 0.4) is 0 Å². The van der Waals surface area contributed by atoms with Crippen molar-refractivity contribution in [2.75, 3.05) is 125 Å². The van der Waals surface area contributed by atoms with Gasteiger partial charge in [-0.3, -0.25) is 43.3 Å². The van der Waals surface area contributed by atoms with Gasteiger partial charge in [-0.1, -0.05) is 103 Å². The van der Waals surface area contributed by atoms with E-state index in [0.717, 1.165) is 95.4 Å². The maximum absolute atomic E-state index is 14.7. The maximum Gasteiger partial charge on any atom is 0.749 e. The molecule has 0 aromatic heterocycles. The van der Waals surface area contributed by atoms with Crippen LogP contribution in [0, 0.1) is 5.92 Å². The van der Waals surface area contributed by atoms with Crippen LogP contribution in [0.5, 0.6) is 0 Å². The molecule has 16 unspecified atom stereocenters. The van der Waals surface area contributed by atoms with Gasteiger partial charge in [-0.25, -0.2) is 4.52 Å². The highest BCUT2D eigenvalue weighted by molar-refractivity contribution is 7.33. The first-order valence-corrected chi connectivity index (χ1v) is 45.7. The molecule has 41 heteroatoms. The summed E-state index contributed by atoms with van der Waals surface area (Å²) in [5.41, 5.74) is -0.667. The van der Waals surface area contributed by atoms with Crippen LogP contribution in [0.1, 0.15) is 226 Å². The number of amides is 8. The molecule has 0 aromatic carbocycles. The van der Waals surface area contributed by atoms with Crippen molar-refractivity contribution in [1.29, 1.82) is 0 Å². The lowest BCUT2D eigenvalue weighted by atomic mass is 9.93. The number of unbranched alkanes of at least 4 members (excludes halogenated alkanes) is 20. The Morgan fingerprint density at radius 3 is 1.18 bits per heavy atom. The number of rotatable bonds is 70. The Labute approximate surface area is 730 Å². The summed E-state index contributed by atoms with van der Waals surface area (Å²) in [6.45, 7) is 7.73. The molecule has 18 N–H and O–H groups in total. The van der Waals surface area contributed by atoms with Crippen LogP contribution < -0.4 is 43.1 Å². The van der Waals surface area contributed by atoms with Crippen LogP contribution in [-0.4, -0.2) is 333 Å². The molecule has 714 valence electrons. The van der Waals surface area contributed by atoms with Crippen LogP contribution >= 0.6 is 8.25 Å². The van der Waals surface area contributed by atoms with Gasteiger partial charge in [-0.2, -0.15) is 5.10 Å². The van der Waals surface area contributed by atoms with Gasteiger partial charge in [-0.15, -0.1) is 4.52 Å². The number of carbonyl (C=O) groups is 8. The predicted molar refractivity (Wildman–Crippen MR) is 454 cm³/mol. The lowest BCUT2D eigenvalue weighted by molar-refractivity contribution is -0.270. The number of hydrogen-bond donors (Lipinski definition) is 17. The summed E-state index contributed by atoms with van der Waals surface area (Å²) in [5, 5.41) is 115. The highest BCUT2D eigenvalue weighted by Gasteiger charge is 2.48. The normalized spacial score (nSPS) is 24.3. The fourth-order valence-electron chi connectivity index (χ4n) is 14.6. The van der Waals surface area contributed by atoms with E-state index in [2.05, 4.69) is 58.4 Å². The van der Waals surface area contributed by atoms with E-state index < -0.39 is 149 Å². The molecule has 4 fully saturated rings. The molecule has 4 rings (SSSR count). The van der Waals surface area contributed by atoms with Crippen LogP contribution in [0.4, 0.5) is 0 Å². The first kappa shape index (κ1) is 110. The van der Waals surface area contributed by atoms with E-state index in [0.29, 0.717) is 149 Å². The fraction of sp³-hybridized carbons (Fsp3) is 0.855. The van der Waals surface area contributed by atoms with Gasteiger partial charge in [0.1, 0.15) is 91.5 Å². The number of likely N-dealkylation sites (tertiary alicyclic amines) is 1. The summed E-state index contributed by atoms with van der Waals surface area (Å²) in [6.07, 6.45) is 9.56. The van der Waals surface area contributed by atoms with Gasteiger partial charge in [-0.05, 0) is 83.5 Å². The maximum atomic E-state index is 14.7. The first-order chi connectivity index (χ1) is 59.8. The SMILES string of the molecule is C=CO[P+](=O)OCCCCCCCCCCC(C=NCCCCCCCC(=O)N1CCC(C(=O)NC(COCCC(=O)NCCCCCCOC2OC(CO)C(O)C(O)C2NC(C)=O)(COCCC(=O)NCCCCCCOC2OC(CO)C(O)C(O)C2NC(C)=O)COCCC(=O)NCCCCCCOC2OC(CO)C(O)C(O)C2NC(C)=O)CC1)=NN. The van der Waals surface area contributed by atoms with Crippen molar-refractivity contribution in [3.63, 3.8) is 0 Å². The summed E-state index contributed by atoms with van der Waals surface area (Å²) >= 11 is 0. The Kier molecular flexibility index (Phi) is 58.8. The first-order valence-electron chi connectivity index (χ1n) is 44.6. The molecule has 0 spiro atoms. The fourth-order valence-corrected chi connectivity index (χ4v) is 15.1. The molecular weight excluding hydrogens is 1650 g/mol. The Hall–Kier alpha value is -6.22. The van der Waals surface area contributed by atoms with Crippen molar-refractivity contribution in [1.82, 2.24) is 42.1 Å². The number of carbonyl (C=O) groups excluding carboxylic acids is 8. The number of nitrogens with zero attached hydrogens (tertiary/aromatic N) is 3. The minimum atomic E-state index is -2.13. The number of nitrogens with one attached hydrogen (secondary N) is 7. The second kappa shape index (κ2) is 66.2. The van der Waals surface area contributed by atoms with E-state index in [4.69, 9.17) is 53.0 Å². The zero-order valence-electron chi connectivity index (χ0n) is 73.2. The van der Waals surface area contributed by atoms with Crippen LogP contribution in [0.15, 0.2) is 22.9 Å². The van der Waals surface area contributed by atoms with Gasteiger partial charge in [0.05, 0.1) is 65.2 Å². The summed E-state index contributed by atoms with van der Waals surface area (Å²) in [6, 6.07) is -3.19. The van der Waals surface area contributed by atoms with E-state index in [1.54, 1.807) is 11.1 Å². The molecule has 0 radical (unpaired) electrons. The van der Waals surface area contributed by atoms with Crippen molar-refractivity contribution >= 4 is 67.4 Å². The quantitative estimate of drug-likeness (QED) is 0.0102. The number of hydrogen-bond acceptors (Lipinski definition) is 32. The second-order valence-electron chi connectivity index (χ2n) is 32.1. The topological polar surface area (TPSA) is 575 Å². The molecule has 16 atom stereocenters. The van der Waals surface area contributed by atoms with E-state index in [1.807, 2.05) is 0 Å². The van der Waals surface area contributed by atoms with Crippen molar-refractivity contribution in [3.8, 4) is 0 Å². The minimum Gasteiger partial charge on any atom is -0.394 e. The predicted octanol–water partition coefficient (Wildman–Crippen LogP) is 1.28. The van der Waals surface area contributed by atoms with Gasteiger partial charge in [0.25, 0.3) is 0 Å². The number of piperidine rings is 1. The van der Waals surface area contributed by atoms with Gasteiger partial charge in [0.2, 0.25) is 47.3 Å². The average molecular weight is 1800 g/mol. The van der Waals surface area contributed by atoms with Gasteiger partial charge in [0, 0.05) is 122 Å². The minimum absolute atomic E-state index is 0.00871. The molecule has 40 nitrogen and oxygen atoms in total. The molecule has 0 bridgehead atoms. The summed E-state index contributed by atoms with van der Waals surface area (Å²) in [5.74, 6) is 2.46. The largest absolute Gasteiger partial charge is 0.749 e. The van der Waals surface area contributed by atoms with E-state index >= 15 is 0 Å². The molecule has 4 saturated heterocycles. The summed E-state index contributed by atoms with van der Waals surface area (Å²) < 4.78 is 74.2. The third-order valence-electron chi connectivity index (χ3n) is 21.7. The molecule has 0 aromatic rings. The van der Waals surface area contributed by atoms with Crippen molar-refractivity contribution < 1.29 is 141 Å². The molecule has 124 heavy (non-hydrogen) atoms. The molecule has 0 aliphatic carbocycles. The number of hydrazone groups is 1. The number of aliphatic hydroxyl groups is 9.